The highest BCUT2D eigenvalue weighted by Gasteiger charge is 2.17. The molecule has 0 aliphatic rings. The van der Waals surface area contributed by atoms with E-state index in [4.69, 9.17) is 5.26 Å². The minimum Gasteiger partial charge on any atom is -0.326 e. The second-order valence-electron chi connectivity index (χ2n) is 4.18. The van der Waals surface area contributed by atoms with E-state index >= 15 is 0 Å². The number of amides is 1. The molecule has 0 saturated carbocycles. The molecule has 1 N–H and O–H groups in total. The fraction of sp³-hybridized carbons (Fsp3) is 0.308. The van der Waals surface area contributed by atoms with Crippen LogP contribution in [0.2, 0.25) is 0 Å². The van der Waals surface area contributed by atoms with Gasteiger partial charge in [0.25, 0.3) is 0 Å². The Balaban J connectivity index is 2.74. The fourth-order valence-electron chi connectivity index (χ4n) is 1.50. The van der Waals surface area contributed by atoms with Crippen molar-refractivity contribution in [1.82, 2.24) is 0 Å². The predicted octanol–water partition coefficient (Wildman–Crippen LogP) is 1.16. The molecule has 1 rings (SSSR count). The summed E-state index contributed by atoms with van der Waals surface area (Å²) in [6.45, 7) is 1.36. The van der Waals surface area contributed by atoms with Gasteiger partial charge in [0, 0.05) is 24.6 Å². The smallest absolute Gasteiger partial charge is 0.221 e. The average Bonchev–Trinajstić information content (AvgIpc) is 2.36. The molecule has 0 heterocycles. The van der Waals surface area contributed by atoms with Gasteiger partial charge in [-0.3, -0.25) is 9.59 Å². The van der Waals surface area contributed by atoms with Crippen molar-refractivity contribution >= 4 is 27.2 Å². The van der Waals surface area contributed by atoms with E-state index < -0.39 is 21.4 Å². The van der Waals surface area contributed by atoms with Gasteiger partial charge in [-0.25, -0.2) is 8.42 Å². The summed E-state index contributed by atoms with van der Waals surface area (Å²) in [6, 6.07) is 7.68. The Morgan fingerprint density at radius 2 is 1.85 bits per heavy atom. The first-order valence-electron chi connectivity index (χ1n) is 5.82. The number of nitrogens with zero attached hydrogens (tertiary/aromatic N) is 1. The number of carbonyl (C=O) groups excluding carboxylic acids is 2. The van der Waals surface area contributed by atoms with Crippen molar-refractivity contribution in [2.24, 2.45) is 0 Å². The van der Waals surface area contributed by atoms with Gasteiger partial charge in [0.2, 0.25) is 5.91 Å². The number of ketones is 1. The standard InChI is InChI=1S/C13H14N2O4S/c1-10(16)15-12-5-3-11(4-6-12)13(17)9-20(18,19)8-2-7-14/h3-6H,2,8-9H2,1H3,(H,15,16). The summed E-state index contributed by atoms with van der Waals surface area (Å²) < 4.78 is 23.1. The number of benzene rings is 1. The van der Waals surface area contributed by atoms with E-state index in [0.717, 1.165) is 0 Å². The Hall–Kier alpha value is -2.20. The number of Topliss-reactive ketones (excluding diaryl/α,β-unsaturated/α-hetero) is 1. The topological polar surface area (TPSA) is 104 Å². The molecule has 0 atom stereocenters. The van der Waals surface area contributed by atoms with Gasteiger partial charge in [0.05, 0.1) is 11.8 Å². The number of nitriles is 1. The molecule has 0 radical (unpaired) electrons. The molecule has 7 heteroatoms. The van der Waals surface area contributed by atoms with Crippen LogP contribution >= 0.6 is 0 Å². The molecule has 0 bridgehead atoms. The number of rotatable bonds is 6. The first-order valence-corrected chi connectivity index (χ1v) is 7.64. The number of carbonyl (C=O) groups is 2. The number of hydrogen-bond acceptors (Lipinski definition) is 5. The van der Waals surface area contributed by atoms with Crippen molar-refractivity contribution in [3.8, 4) is 6.07 Å². The number of hydrogen-bond donors (Lipinski definition) is 1. The van der Waals surface area contributed by atoms with Crippen LogP contribution in [0.4, 0.5) is 5.69 Å². The van der Waals surface area contributed by atoms with Crippen LogP contribution in [0.5, 0.6) is 0 Å². The molecule has 0 aliphatic heterocycles. The van der Waals surface area contributed by atoms with Crippen LogP contribution in [-0.2, 0) is 14.6 Å². The zero-order chi connectivity index (χ0) is 15.2. The van der Waals surface area contributed by atoms with E-state index in [1.165, 1.54) is 31.2 Å². The maximum Gasteiger partial charge on any atom is 0.221 e. The highest BCUT2D eigenvalue weighted by Crippen LogP contribution is 2.11. The van der Waals surface area contributed by atoms with Gasteiger partial charge in [0.15, 0.2) is 15.6 Å². The van der Waals surface area contributed by atoms with E-state index in [1.807, 2.05) is 0 Å². The van der Waals surface area contributed by atoms with Crippen LogP contribution in [0.3, 0.4) is 0 Å². The van der Waals surface area contributed by atoms with E-state index in [0.29, 0.717) is 5.69 Å². The van der Waals surface area contributed by atoms with Gasteiger partial charge in [-0.2, -0.15) is 5.26 Å². The second-order valence-corrected chi connectivity index (χ2v) is 6.37. The molecule has 0 unspecified atom stereocenters. The monoisotopic (exact) mass is 294 g/mol. The zero-order valence-electron chi connectivity index (χ0n) is 10.9. The van der Waals surface area contributed by atoms with Crippen molar-refractivity contribution in [3.05, 3.63) is 29.8 Å². The zero-order valence-corrected chi connectivity index (χ0v) is 11.7. The number of nitrogens with one attached hydrogen (secondary N) is 1. The summed E-state index contributed by atoms with van der Waals surface area (Å²) in [7, 11) is -3.56. The van der Waals surface area contributed by atoms with Crippen molar-refractivity contribution in [2.75, 3.05) is 16.8 Å². The molecule has 106 valence electrons. The summed E-state index contributed by atoms with van der Waals surface area (Å²) in [6.07, 6.45) is -0.128. The van der Waals surface area contributed by atoms with Gasteiger partial charge in [-0.15, -0.1) is 0 Å². The molecule has 6 nitrogen and oxygen atoms in total. The van der Waals surface area contributed by atoms with E-state index in [-0.39, 0.29) is 23.6 Å². The third-order valence-electron chi connectivity index (χ3n) is 2.40. The summed E-state index contributed by atoms with van der Waals surface area (Å²) in [5, 5.41) is 10.9. The van der Waals surface area contributed by atoms with E-state index in [1.54, 1.807) is 6.07 Å². The summed E-state index contributed by atoms with van der Waals surface area (Å²) in [5.41, 5.74) is 0.779. The molecule has 0 aliphatic carbocycles. The van der Waals surface area contributed by atoms with Gasteiger partial charge in [-0.1, -0.05) is 0 Å². The lowest BCUT2D eigenvalue weighted by Gasteiger charge is -2.04. The van der Waals surface area contributed by atoms with Gasteiger partial charge < -0.3 is 5.32 Å². The predicted molar refractivity (Wildman–Crippen MR) is 74.0 cm³/mol. The summed E-state index contributed by atoms with van der Waals surface area (Å²) in [4.78, 5) is 22.6. The van der Waals surface area contributed by atoms with Crippen LogP contribution in [-0.4, -0.2) is 31.6 Å². The normalized spacial score (nSPS) is 10.6. The molecule has 1 aromatic carbocycles. The lowest BCUT2D eigenvalue weighted by molar-refractivity contribution is -0.114. The molecule has 0 fully saturated rings. The largest absolute Gasteiger partial charge is 0.326 e. The second kappa shape index (κ2) is 6.82. The van der Waals surface area contributed by atoms with Crippen LogP contribution in [0.1, 0.15) is 23.7 Å². The third kappa shape index (κ3) is 5.20. The molecule has 0 spiro atoms. The summed E-state index contributed by atoms with van der Waals surface area (Å²) in [5.74, 6) is -1.70. The van der Waals surface area contributed by atoms with Crippen molar-refractivity contribution < 1.29 is 18.0 Å². The first kappa shape index (κ1) is 15.9. The molecule has 20 heavy (non-hydrogen) atoms. The molecular weight excluding hydrogens is 280 g/mol. The SMILES string of the molecule is CC(=O)Nc1ccc(C(=O)CS(=O)(=O)CCC#N)cc1. The Morgan fingerprint density at radius 1 is 1.25 bits per heavy atom. The Morgan fingerprint density at radius 3 is 2.35 bits per heavy atom. The Bertz CT molecular complexity index is 642. The molecule has 0 aromatic heterocycles. The van der Waals surface area contributed by atoms with Crippen LogP contribution < -0.4 is 5.32 Å². The highest BCUT2D eigenvalue weighted by atomic mass is 32.2. The quantitative estimate of drug-likeness (QED) is 0.793. The number of sulfone groups is 1. The number of anilines is 1. The van der Waals surface area contributed by atoms with Gasteiger partial charge in [0.1, 0.15) is 5.75 Å². The van der Waals surface area contributed by atoms with Crippen LogP contribution in [0.15, 0.2) is 24.3 Å². The maximum atomic E-state index is 11.8. The molecule has 1 amide bonds. The van der Waals surface area contributed by atoms with E-state index in [9.17, 15) is 18.0 Å². The highest BCUT2D eigenvalue weighted by molar-refractivity contribution is 7.92. The van der Waals surface area contributed by atoms with Gasteiger partial charge >= 0.3 is 0 Å². The van der Waals surface area contributed by atoms with Crippen molar-refractivity contribution in [1.29, 1.82) is 5.26 Å². The lowest BCUT2D eigenvalue weighted by Crippen LogP contribution is -2.19. The third-order valence-corrected chi connectivity index (χ3v) is 3.93. The Kier molecular flexibility index (Phi) is 5.41. The molecule has 0 saturated heterocycles. The molecule has 1 aromatic rings. The van der Waals surface area contributed by atoms with Crippen LogP contribution in [0, 0.1) is 11.3 Å². The first-order chi connectivity index (χ1) is 9.34. The minimum atomic E-state index is -3.56. The van der Waals surface area contributed by atoms with Crippen LogP contribution in [0.25, 0.3) is 0 Å². The van der Waals surface area contributed by atoms with Gasteiger partial charge in [-0.05, 0) is 24.3 Å². The lowest BCUT2D eigenvalue weighted by atomic mass is 10.1. The minimum absolute atomic E-state index is 0.128. The van der Waals surface area contributed by atoms with E-state index in [2.05, 4.69) is 5.32 Å². The molecular formula is C13H14N2O4S. The van der Waals surface area contributed by atoms with Crippen molar-refractivity contribution in [3.63, 3.8) is 0 Å². The fourth-order valence-corrected chi connectivity index (χ4v) is 2.61. The average molecular weight is 294 g/mol. The van der Waals surface area contributed by atoms with Crippen molar-refractivity contribution in [2.45, 2.75) is 13.3 Å². The maximum absolute atomic E-state index is 11.8. The summed E-state index contributed by atoms with van der Waals surface area (Å²) >= 11 is 0. The Labute approximate surface area is 117 Å².